The van der Waals surface area contributed by atoms with Crippen molar-refractivity contribution in [1.29, 1.82) is 0 Å². The first-order chi connectivity index (χ1) is 8.08. The number of hydrogen-bond donors (Lipinski definition) is 2. The van der Waals surface area contributed by atoms with Crippen LogP contribution in [-0.4, -0.2) is 18.9 Å². The minimum absolute atomic E-state index is 0. The molecule has 98 valence electrons. The van der Waals surface area contributed by atoms with Crippen LogP contribution < -0.4 is 40.0 Å². The maximum atomic E-state index is 11.9. The first-order valence-electron chi connectivity index (χ1n) is 4.87. The third-order valence-corrected chi connectivity index (χ3v) is 3.46. The van der Waals surface area contributed by atoms with E-state index in [2.05, 4.69) is 9.71 Å². The zero-order valence-corrected chi connectivity index (χ0v) is 13.2. The number of aromatic nitrogens is 1. The number of anilines is 2. The number of pyridine rings is 1. The Labute approximate surface area is 135 Å². The summed E-state index contributed by atoms with van der Waals surface area (Å²) in [5.41, 5.74) is 6.01. The third-order valence-electron chi connectivity index (χ3n) is 2.09. The van der Waals surface area contributed by atoms with Crippen molar-refractivity contribution in [3.63, 3.8) is 0 Å². The second kappa shape index (κ2) is 7.46. The Balaban J connectivity index is 0. The monoisotopic (exact) mass is 291 g/mol. The fourth-order valence-electron chi connectivity index (χ4n) is 1.27. The van der Waals surface area contributed by atoms with Crippen LogP contribution in [0.4, 0.5) is 11.5 Å². The van der Waals surface area contributed by atoms with Crippen LogP contribution in [0.1, 0.15) is 1.43 Å². The Morgan fingerprint density at radius 3 is 2.26 bits per heavy atom. The quantitative estimate of drug-likeness (QED) is 0.491. The van der Waals surface area contributed by atoms with Gasteiger partial charge < -0.3 is 12.6 Å². The molecule has 19 heavy (non-hydrogen) atoms. The van der Waals surface area contributed by atoms with E-state index in [9.17, 15) is 8.42 Å². The van der Waals surface area contributed by atoms with Crippen molar-refractivity contribution in [2.24, 2.45) is 0 Å². The van der Waals surface area contributed by atoms with Crippen LogP contribution >= 0.6 is 0 Å². The predicted molar refractivity (Wildman–Crippen MR) is 70.6 cm³/mol. The summed E-state index contributed by atoms with van der Waals surface area (Å²) in [4.78, 5) is 4.04. The van der Waals surface area contributed by atoms with Gasteiger partial charge in [-0.2, -0.15) is 0 Å². The summed E-state index contributed by atoms with van der Waals surface area (Å²) in [6.07, 6.45) is 1.51. The number of benzene rings is 1. The Morgan fingerprint density at radius 2 is 1.74 bits per heavy atom. The summed E-state index contributed by atoms with van der Waals surface area (Å²) in [6, 6.07) is 10.9. The molecule has 1 aromatic carbocycles. The summed E-state index contributed by atoms with van der Waals surface area (Å²) >= 11 is 0. The first-order valence-corrected chi connectivity index (χ1v) is 6.36. The van der Waals surface area contributed by atoms with Crippen molar-refractivity contribution in [1.82, 2.24) is 4.98 Å². The van der Waals surface area contributed by atoms with Crippen LogP contribution in [0.3, 0.4) is 0 Å². The molecule has 0 atom stereocenters. The number of nitrogens with one attached hydrogen (secondary N) is 1. The normalized spacial score (nSPS) is 9.89. The van der Waals surface area contributed by atoms with Crippen LogP contribution in [0.5, 0.6) is 0 Å². The van der Waals surface area contributed by atoms with E-state index >= 15 is 0 Å². The molecule has 2 aromatic rings. The number of nitrogen functional groups attached to an aromatic ring is 1. The molecule has 0 aliphatic heterocycles. The molecule has 0 aliphatic carbocycles. The van der Waals surface area contributed by atoms with Gasteiger partial charge in [-0.25, -0.2) is 13.4 Å². The van der Waals surface area contributed by atoms with Crippen LogP contribution in [0.15, 0.2) is 53.6 Å². The fourth-order valence-corrected chi connectivity index (χ4v) is 2.28. The molecule has 1 aromatic heterocycles. The maximum absolute atomic E-state index is 11.9. The van der Waals surface area contributed by atoms with Gasteiger partial charge in [0, 0.05) is 11.9 Å². The van der Waals surface area contributed by atoms with E-state index in [-0.39, 0.29) is 47.2 Å². The van der Waals surface area contributed by atoms with Crippen LogP contribution in [0, 0.1) is 0 Å². The van der Waals surface area contributed by atoms with E-state index in [0.29, 0.717) is 5.69 Å². The van der Waals surface area contributed by atoms with E-state index in [0.717, 1.165) is 0 Å². The SMILES string of the molecule is Nc1ccc(S(=O)(=O)Nc2ccccn2)cc1.O.[H-].[Na+]. The molecular weight excluding hydrogens is 277 g/mol. The van der Waals surface area contributed by atoms with Gasteiger partial charge in [0.25, 0.3) is 10.0 Å². The molecule has 6 nitrogen and oxygen atoms in total. The van der Waals surface area contributed by atoms with Crippen molar-refractivity contribution in [2.45, 2.75) is 4.90 Å². The molecule has 0 aliphatic rings. The second-order valence-electron chi connectivity index (χ2n) is 3.39. The van der Waals surface area contributed by atoms with Gasteiger partial charge in [0.15, 0.2) is 0 Å². The number of hydrogen-bond acceptors (Lipinski definition) is 4. The predicted octanol–water partition coefficient (Wildman–Crippen LogP) is -2.24. The van der Waals surface area contributed by atoms with Gasteiger partial charge in [-0.3, -0.25) is 4.72 Å². The molecular formula is C11H14N3NaO3S. The topological polar surface area (TPSA) is 117 Å². The molecule has 5 N–H and O–H groups in total. The summed E-state index contributed by atoms with van der Waals surface area (Å²) in [5, 5.41) is 0. The summed E-state index contributed by atoms with van der Waals surface area (Å²) < 4.78 is 26.2. The number of nitrogens with two attached hydrogens (primary N) is 1. The molecule has 1 heterocycles. The number of rotatable bonds is 3. The minimum atomic E-state index is -3.60. The van der Waals surface area contributed by atoms with Crippen molar-refractivity contribution < 1.29 is 44.9 Å². The van der Waals surface area contributed by atoms with E-state index in [1.807, 2.05) is 0 Å². The van der Waals surface area contributed by atoms with Crippen LogP contribution in [0.2, 0.25) is 0 Å². The minimum Gasteiger partial charge on any atom is -1.00 e. The third kappa shape index (κ3) is 4.81. The van der Waals surface area contributed by atoms with E-state index in [1.54, 1.807) is 18.2 Å². The Bertz CT molecular complexity index is 609. The molecule has 0 fully saturated rings. The zero-order chi connectivity index (χ0) is 12.3. The largest absolute Gasteiger partial charge is 1.00 e. The van der Waals surface area contributed by atoms with Gasteiger partial charge >= 0.3 is 29.6 Å². The standard InChI is InChI=1S/C11H11N3O2S.Na.H2O.H/c12-9-4-6-10(7-5-9)17(15,16)14-11-3-1-2-8-13-11;;;/h1-8H,12H2,(H,13,14);;1H2;/q;+1;;-1. The molecule has 0 unspecified atom stereocenters. The van der Waals surface area contributed by atoms with Gasteiger partial charge in [-0.1, -0.05) is 6.07 Å². The van der Waals surface area contributed by atoms with E-state index < -0.39 is 10.0 Å². The van der Waals surface area contributed by atoms with E-state index in [1.165, 1.54) is 30.5 Å². The van der Waals surface area contributed by atoms with Crippen LogP contribution in [0.25, 0.3) is 0 Å². The summed E-state index contributed by atoms with van der Waals surface area (Å²) in [6.45, 7) is 0. The Kier molecular flexibility index (Phi) is 7.02. The molecule has 0 radical (unpaired) electrons. The first kappa shape index (κ1) is 17.9. The Hall–Kier alpha value is -1.12. The van der Waals surface area contributed by atoms with Gasteiger partial charge in [-0.15, -0.1) is 0 Å². The maximum Gasteiger partial charge on any atom is 1.00 e. The molecule has 8 heteroatoms. The molecule has 0 saturated carbocycles. The smallest absolute Gasteiger partial charge is 1.00 e. The second-order valence-corrected chi connectivity index (χ2v) is 5.07. The van der Waals surface area contributed by atoms with Crippen molar-refractivity contribution in [3.05, 3.63) is 48.7 Å². The molecule has 0 spiro atoms. The van der Waals surface area contributed by atoms with Gasteiger partial charge in [0.2, 0.25) is 0 Å². The molecule has 2 rings (SSSR count). The van der Waals surface area contributed by atoms with Gasteiger partial charge in [0.05, 0.1) is 4.90 Å². The average molecular weight is 291 g/mol. The van der Waals surface area contributed by atoms with Gasteiger partial charge in [-0.05, 0) is 36.4 Å². The molecule has 0 amide bonds. The number of sulfonamides is 1. The fraction of sp³-hybridized carbons (Fsp3) is 0. The van der Waals surface area contributed by atoms with Crippen molar-refractivity contribution in [2.75, 3.05) is 10.5 Å². The van der Waals surface area contributed by atoms with Gasteiger partial charge in [0.1, 0.15) is 5.82 Å². The molecule has 0 saturated heterocycles. The van der Waals surface area contributed by atoms with Crippen LogP contribution in [-0.2, 0) is 10.0 Å². The van der Waals surface area contributed by atoms with Crippen molar-refractivity contribution in [3.8, 4) is 0 Å². The Morgan fingerprint density at radius 1 is 1.11 bits per heavy atom. The summed E-state index contributed by atoms with van der Waals surface area (Å²) in [5.74, 6) is 0.282. The summed E-state index contributed by atoms with van der Waals surface area (Å²) in [7, 11) is -3.60. The zero-order valence-electron chi connectivity index (χ0n) is 11.4. The average Bonchev–Trinajstić information content (AvgIpc) is 2.30. The number of nitrogens with zero attached hydrogens (tertiary/aromatic N) is 1. The van der Waals surface area contributed by atoms with Crippen molar-refractivity contribution >= 4 is 21.5 Å². The molecule has 0 bridgehead atoms. The van der Waals surface area contributed by atoms with E-state index in [4.69, 9.17) is 5.73 Å².